The third-order valence-electron chi connectivity index (χ3n) is 6.01. The smallest absolute Gasteiger partial charge is 0.262 e. The number of hydrogen-bond acceptors (Lipinski definition) is 7. The summed E-state index contributed by atoms with van der Waals surface area (Å²) in [5, 5.41) is 8.27. The lowest BCUT2D eigenvalue weighted by Crippen LogP contribution is -2.52. The molecule has 0 saturated carbocycles. The van der Waals surface area contributed by atoms with Crippen LogP contribution in [0.5, 0.6) is 0 Å². The van der Waals surface area contributed by atoms with Gasteiger partial charge >= 0.3 is 0 Å². The third-order valence-corrected chi connectivity index (χ3v) is 10.3. The zero-order valence-corrected chi connectivity index (χ0v) is 22.5. The summed E-state index contributed by atoms with van der Waals surface area (Å²) in [5.41, 5.74) is 0. The number of ketones is 1. The molecule has 0 aliphatic carbocycles. The number of carbonyl (C=O) groups is 3. The van der Waals surface area contributed by atoms with E-state index in [2.05, 4.69) is 10.6 Å². The fourth-order valence-corrected chi connectivity index (χ4v) is 7.74. The second-order valence-corrected chi connectivity index (χ2v) is 13.4. The molecule has 2 atom stereocenters. The van der Waals surface area contributed by atoms with Crippen molar-refractivity contribution in [1.29, 1.82) is 0 Å². The number of rotatable bonds is 8. The zero-order valence-electron chi connectivity index (χ0n) is 20.1. The molecule has 1 fully saturated rings. The topological polar surface area (TPSA) is 113 Å². The largest absolute Gasteiger partial charge is 0.344 e. The van der Waals surface area contributed by atoms with E-state index < -0.39 is 28.0 Å². The second-order valence-electron chi connectivity index (χ2n) is 9.24. The molecule has 1 aliphatic rings. The van der Waals surface area contributed by atoms with Crippen molar-refractivity contribution < 1.29 is 22.8 Å². The van der Waals surface area contributed by atoms with Crippen LogP contribution in [0.3, 0.4) is 0 Å². The van der Waals surface area contributed by atoms with Crippen molar-refractivity contribution >= 4 is 60.4 Å². The Morgan fingerprint density at radius 3 is 2.64 bits per heavy atom. The Morgan fingerprint density at radius 1 is 1.17 bits per heavy atom. The van der Waals surface area contributed by atoms with Crippen LogP contribution in [0.25, 0.3) is 10.1 Å². The minimum atomic E-state index is -3.75. The van der Waals surface area contributed by atoms with Gasteiger partial charge in [0, 0.05) is 11.2 Å². The molecule has 192 valence electrons. The van der Waals surface area contributed by atoms with Gasteiger partial charge in [-0.05, 0) is 54.1 Å². The summed E-state index contributed by atoms with van der Waals surface area (Å²) in [4.78, 5) is 39.6. The molecule has 3 heterocycles. The maximum atomic E-state index is 13.2. The maximum absolute atomic E-state index is 13.2. The molecule has 0 spiro atoms. The normalized spacial score (nSPS) is 18.2. The van der Waals surface area contributed by atoms with Crippen LogP contribution >= 0.6 is 22.7 Å². The van der Waals surface area contributed by atoms with Crippen molar-refractivity contribution in [2.75, 3.05) is 13.1 Å². The third kappa shape index (κ3) is 6.03. The van der Waals surface area contributed by atoms with E-state index in [0.717, 1.165) is 21.4 Å². The number of nitrogens with one attached hydrogen (secondary N) is 2. The minimum absolute atomic E-state index is 0.125. The van der Waals surface area contributed by atoms with Gasteiger partial charge in [-0.2, -0.15) is 4.31 Å². The number of amides is 2. The zero-order chi connectivity index (χ0) is 25.9. The Labute approximate surface area is 218 Å². The van der Waals surface area contributed by atoms with Gasteiger partial charge in [-0.1, -0.05) is 38.1 Å². The summed E-state index contributed by atoms with van der Waals surface area (Å²) in [6.07, 6.45) is 1.17. The number of hydrogen-bond donors (Lipinski definition) is 2. The molecule has 1 saturated heterocycles. The summed E-state index contributed by atoms with van der Waals surface area (Å²) in [6.45, 7) is 3.82. The highest BCUT2D eigenvalue weighted by Crippen LogP contribution is 2.26. The predicted octanol–water partition coefficient (Wildman–Crippen LogP) is 3.65. The van der Waals surface area contributed by atoms with Crippen LogP contribution in [0.4, 0.5) is 0 Å². The average molecular weight is 548 g/mol. The fraction of sp³-hybridized carbons (Fsp3) is 0.400. The summed E-state index contributed by atoms with van der Waals surface area (Å²) in [6, 6.07) is 11.0. The molecular formula is C25H29N3O5S3. The van der Waals surface area contributed by atoms with Gasteiger partial charge in [0.05, 0.1) is 17.5 Å². The Balaban J connectivity index is 1.44. The lowest BCUT2D eigenvalue weighted by atomic mass is 10.0. The lowest BCUT2D eigenvalue weighted by Gasteiger charge is -2.23. The van der Waals surface area contributed by atoms with Gasteiger partial charge in [-0.3, -0.25) is 14.4 Å². The SMILES string of the molecule is CC(C)CC(NC(=O)c1cc2ccccc2s1)C(=O)N[C@H]1CCCN(S(=O)(=O)c2cccs2)CC1=O. The molecule has 1 aliphatic heterocycles. The van der Waals surface area contributed by atoms with E-state index in [1.165, 1.54) is 21.7 Å². The average Bonchev–Trinajstić information content (AvgIpc) is 3.49. The molecule has 4 rings (SSSR count). The minimum Gasteiger partial charge on any atom is -0.344 e. The lowest BCUT2D eigenvalue weighted by molar-refractivity contribution is -0.129. The van der Waals surface area contributed by atoms with Crippen LogP contribution in [0, 0.1) is 5.92 Å². The second kappa shape index (κ2) is 11.2. The van der Waals surface area contributed by atoms with Crippen LogP contribution in [-0.4, -0.2) is 55.5 Å². The van der Waals surface area contributed by atoms with Crippen molar-refractivity contribution in [3.63, 3.8) is 0 Å². The van der Waals surface area contributed by atoms with Crippen molar-refractivity contribution in [3.05, 3.63) is 52.7 Å². The number of carbonyl (C=O) groups excluding carboxylic acids is 3. The number of nitrogens with zero attached hydrogens (tertiary/aromatic N) is 1. The molecule has 3 aromatic rings. The fourth-order valence-electron chi connectivity index (χ4n) is 4.19. The van der Waals surface area contributed by atoms with E-state index in [9.17, 15) is 22.8 Å². The van der Waals surface area contributed by atoms with Gasteiger partial charge in [0.1, 0.15) is 10.3 Å². The van der Waals surface area contributed by atoms with E-state index in [1.807, 2.05) is 38.1 Å². The van der Waals surface area contributed by atoms with Gasteiger partial charge < -0.3 is 10.6 Å². The molecule has 2 amide bonds. The van der Waals surface area contributed by atoms with Crippen LogP contribution < -0.4 is 10.6 Å². The Bertz CT molecular complexity index is 1320. The number of fused-ring (bicyclic) bond motifs is 1. The van der Waals surface area contributed by atoms with E-state index in [1.54, 1.807) is 17.5 Å². The van der Waals surface area contributed by atoms with Gasteiger partial charge in [0.2, 0.25) is 5.91 Å². The summed E-state index contributed by atoms with van der Waals surface area (Å²) < 4.78 is 28.1. The standard InChI is InChI=1S/C25H29N3O5S3/c1-16(2)13-19(27-25(31)22-14-17-7-3-4-9-21(17)35-22)24(30)26-18-8-5-11-28(15-20(18)29)36(32,33)23-10-6-12-34-23/h3-4,6-7,9-10,12,14,16,18-19H,5,8,11,13,15H2,1-2H3,(H,26,30)(H,27,31)/t18-,19?/m0/s1. The molecule has 1 unspecified atom stereocenters. The number of sulfonamides is 1. The molecule has 8 nitrogen and oxygen atoms in total. The first-order valence-corrected chi connectivity index (χ1v) is 14.9. The Morgan fingerprint density at radius 2 is 1.94 bits per heavy atom. The highest BCUT2D eigenvalue weighted by Gasteiger charge is 2.34. The monoisotopic (exact) mass is 547 g/mol. The quantitative estimate of drug-likeness (QED) is 0.447. The van der Waals surface area contributed by atoms with Gasteiger partial charge in [0.15, 0.2) is 5.78 Å². The van der Waals surface area contributed by atoms with Crippen LogP contribution in [0.2, 0.25) is 0 Å². The summed E-state index contributed by atoms with van der Waals surface area (Å²) in [7, 11) is -3.75. The molecule has 2 aromatic heterocycles. The van der Waals surface area contributed by atoms with Gasteiger partial charge in [0.25, 0.3) is 15.9 Å². The van der Waals surface area contributed by atoms with Gasteiger partial charge in [-0.25, -0.2) is 8.42 Å². The van der Waals surface area contributed by atoms with E-state index in [0.29, 0.717) is 24.1 Å². The van der Waals surface area contributed by atoms with Crippen molar-refractivity contribution in [3.8, 4) is 0 Å². The summed E-state index contributed by atoms with van der Waals surface area (Å²) in [5.74, 6) is -1.01. The van der Waals surface area contributed by atoms with E-state index in [-0.39, 0.29) is 34.9 Å². The van der Waals surface area contributed by atoms with Crippen LogP contribution in [0.1, 0.15) is 42.8 Å². The van der Waals surface area contributed by atoms with Crippen molar-refractivity contribution in [1.82, 2.24) is 14.9 Å². The molecule has 0 bridgehead atoms. The van der Waals surface area contributed by atoms with Gasteiger partial charge in [-0.15, -0.1) is 22.7 Å². The molecule has 11 heteroatoms. The number of thiophene rings is 2. The molecule has 0 radical (unpaired) electrons. The van der Waals surface area contributed by atoms with E-state index >= 15 is 0 Å². The molecular weight excluding hydrogens is 518 g/mol. The predicted molar refractivity (Wildman–Crippen MR) is 142 cm³/mol. The Hall–Kier alpha value is -2.60. The Kier molecular flexibility index (Phi) is 8.23. The van der Waals surface area contributed by atoms with E-state index in [4.69, 9.17) is 0 Å². The van der Waals surface area contributed by atoms with Crippen molar-refractivity contribution in [2.45, 2.75) is 49.4 Å². The van der Waals surface area contributed by atoms with Crippen LogP contribution in [0.15, 0.2) is 52.1 Å². The highest BCUT2D eigenvalue weighted by atomic mass is 32.2. The first-order valence-electron chi connectivity index (χ1n) is 11.8. The number of benzene rings is 1. The van der Waals surface area contributed by atoms with Crippen molar-refractivity contribution in [2.24, 2.45) is 5.92 Å². The summed E-state index contributed by atoms with van der Waals surface area (Å²) >= 11 is 2.47. The maximum Gasteiger partial charge on any atom is 0.262 e. The van der Waals surface area contributed by atoms with Crippen LogP contribution in [-0.2, 0) is 19.6 Å². The number of Topliss-reactive ketones (excluding diaryl/α,β-unsaturated/α-hetero) is 1. The molecule has 36 heavy (non-hydrogen) atoms. The highest BCUT2D eigenvalue weighted by molar-refractivity contribution is 7.91. The first-order chi connectivity index (χ1) is 17.1. The molecule has 2 N–H and O–H groups in total. The molecule has 1 aromatic carbocycles. The first kappa shape index (κ1) is 26.5.